The Morgan fingerprint density at radius 2 is 2.06 bits per heavy atom. The Bertz CT molecular complexity index is 374. The van der Waals surface area contributed by atoms with Gasteiger partial charge in [-0.1, -0.05) is 42.5 Å². The maximum Gasteiger partial charge on any atom is 0.0477 e. The van der Waals surface area contributed by atoms with Gasteiger partial charge in [0.05, 0.1) is 0 Å². The van der Waals surface area contributed by atoms with Crippen molar-refractivity contribution in [2.75, 3.05) is 19.7 Å². The molecule has 92 valence electrons. The molecule has 0 spiro atoms. The Hall–Kier alpha value is -1.12. The molecule has 2 rings (SSSR count). The average Bonchev–Trinajstić information content (AvgIpc) is 2.73. The average molecular weight is 231 g/mol. The molecule has 17 heavy (non-hydrogen) atoms. The molecule has 1 N–H and O–H groups in total. The highest BCUT2D eigenvalue weighted by molar-refractivity contribution is 5.15. The van der Waals surface area contributed by atoms with Crippen LogP contribution in [0.3, 0.4) is 0 Å². The predicted molar refractivity (Wildman–Crippen MR) is 70.6 cm³/mol. The second-order valence-corrected chi connectivity index (χ2v) is 5.08. The minimum absolute atomic E-state index is 0.267. The summed E-state index contributed by atoms with van der Waals surface area (Å²) in [6.45, 7) is 9.35. The molecule has 0 saturated carbocycles. The number of hydrogen-bond acceptors (Lipinski definition) is 2. The molecular weight excluding hydrogens is 210 g/mol. The number of rotatable bonds is 4. The highest BCUT2D eigenvalue weighted by Gasteiger charge is 2.32. The van der Waals surface area contributed by atoms with Gasteiger partial charge in [-0.3, -0.25) is 4.90 Å². The Kier molecular flexibility index (Phi) is 3.97. The van der Waals surface area contributed by atoms with Crippen molar-refractivity contribution in [1.29, 1.82) is 0 Å². The van der Waals surface area contributed by atoms with Crippen LogP contribution in [0.15, 0.2) is 42.5 Å². The fraction of sp³-hybridized carbons (Fsp3) is 0.467. The second-order valence-electron chi connectivity index (χ2n) is 5.08. The zero-order chi connectivity index (χ0) is 12.3. The number of benzene rings is 1. The topological polar surface area (TPSA) is 23.5 Å². The van der Waals surface area contributed by atoms with E-state index in [2.05, 4.69) is 42.7 Å². The van der Waals surface area contributed by atoms with Crippen LogP contribution in [0.2, 0.25) is 0 Å². The first-order chi connectivity index (χ1) is 8.20. The molecule has 1 aliphatic rings. The van der Waals surface area contributed by atoms with Crippen LogP contribution in [-0.4, -0.2) is 29.7 Å². The highest BCUT2D eigenvalue weighted by atomic mass is 16.3. The molecule has 0 radical (unpaired) electrons. The minimum atomic E-state index is 0.267. The highest BCUT2D eigenvalue weighted by Crippen LogP contribution is 2.29. The van der Waals surface area contributed by atoms with E-state index < -0.39 is 0 Å². The Morgan fingerprint density at radius 3 is 2.59 bits per heavy atom. The summed E-state index contributed by atoms with van der Waals surface area (Å²) in [5, 5.41) is 9.40. The first kappa shape index (κ1) is 12.3. The molecule has 0 aromatic heterocycles. The number of hydrogen-bond donors (Lipinski definition) is 1. The number of likely N-dealkylation sites (tertiary alicyclic amines) is 1. The van der Waals surface area contributed by atoms with E-state index in [-0.39, 0.29) is 6.61 Å². The van der Waals surface area contributed by atoms with Crippen LogP contribution in [0.5, 0.6) is 0 Å². The summed E-state index contributed by atoms with van der Waals surface area (Å²) in [5.41, 5.74) is 2.53. The first-order valence-corrected chi connectivity index (χ1v) is 6.23. The van der Waals surface area contributed by atoms with Gasteiger partial charge < -0.3 is 5.11 Å². The van der Waals surface area contributed by atoms with Crippen LogP contribution < -0.4 is 0 Å². The molecule has 2 nitrogen and oxygen atoms in total. The van der Waals surface area contributed by atoms with Crippen molar-refractivity contribution in [1.82, 2.24) is 4.90 Å². The summed E-state index contributed by atoms with van der Waals surface area (Å²) in [6.07, 6.45) is 0. The van der Waals surface area contributed by atoms with Gasteiger partial charge in [-0.05, 0) is 18.4 Å². The third kappa shape index (κ3) is 2.96. The van der Waals surface area contributed by atoms with Crippen LogP contribution >= 0.6 is 0 Å². The fourth-order valence-electron chi connectivity index (χ4n) is 2.67. The lowest BCUT2D eigenvalue weighted by atomic mass is 9.91. The third-order valence-corrected chi connectivity index (χ3v) is 3.63. The van der Waals surface area contributed by atoms with Crippen molar-refractivity contribution in [2.45, 2.75) is 13.5 Å². The minimum Gasteiger partial charge on any atom is -0.396 e. The monoisotopic (exact) mass is 231 g/mol. The van der Waals surface area contributed by atoms with Gasteiger partial charge in [0.2, 0.25) is 0 Å². The zero-order valence-electron chi connectivity index (χ0n) is 10.5. The van der Waals surface area contributed by atoms with E-state index in [1.54, 1.807) is 0 Å². The molecule has 0 bridgehead atoms. The van der Waals surface area contributed by atoms with Crippen molar-refractivity contribution in [3.8, 4) is 0 Å². The zero-order valence-corrected chi connectivity index (χ0v) is 10.5. The van der Waals surface area contributed by atoms with Crippen LogP contribution in [-0.2, 0) is 6.54 Å². The van der Waals surface area contributed by atoms with Crippen molar-refractivity contribution in [3.63, 3.8) is 0 Å². The SMILES string of the molecule is C=C(C)[C@H]1CN(Cc2ccccc2)C[C@@H]1CO. The summed E-state index contributed by atoms with van der Waals surface area (Å²) in [6, 6.07) is 10.5. The lowest BCUT2D eigenvalue weighted by Gasteiger charge is -2.16. The van der Waals surface area contributed by atoms with Crippen molar-refractivity contribution in [3.05, 3.63) is 48.0 Å². The van der Waals surface area contributed by atoms with E-state index in [0.29, 0.717) is 11.8 Å². The van der Waals surface area contributed by atoms with Gasteiger partial charge in [-0.25, -0.2) is 0 Å². The molecular formula is C15H21NO. The lowest BCUT2D eigenvalue weighted by Crippen LogP contribution is -2.20. The summed E-state index contributed by atoms with van der Waals surface area (Å²) in [5.74, 6) is 0.805. The predicted octanol–water partition coefficient (Wildman–Crippen LogP) is 2.30. The van der Waals surface area contributed by atoms with Crippen LogP contribution in [0.4, 0.5) is 0 Å². The van der Waals surface area contributed by atoms with E-state index in [9.17, 15) is 5.11 Å². The van der Waals surface area contributed by atoms with Gasteiger partial charge in [0.1, 0.15) is 0 Å². The summed E-state index contributed by atoms with van der Waals surface area (Å²) >= 11 is 0. The molecule has 2 heteroatoms. The van der Waals surface area contributed by atoms with E-state index in [1.807, 2.05) is 6.07 Å². The largest absolute Gasteiger partial charge is 0.396 e. The Labute approximate surface area is 104 Å². The van der Waals surface area contributed by atoms with Gasteiger partial charge in [-0.15, -0.1) is 0 Å². The molecule has 2 atom stereocenters. The first-order valence-electron chi connectivity index (χ1n) is 6.23. The molecule has 1 saturated heterocycles. The molecule has 0 unspecified atom stereocenters. The third-order valence-electron chi connectivity index (χ3n) is 3.63. The molecule has 1 aromatic carbocycles. The molecule has 1 fully saturated rings. The van der Waals surface area contributed by atoms with Crippen molar-refractivity contribution in [2.24, 2.45) is 11.8 Å². The second kappa shape index (κ2) is 5.48. The van der Waals surface area contributed by atoms with E-state index in [0.717, 1.165) is 19.6 Å². The van der Waals surface area contributed by atoms with Gasteiger partial charge in [0.25, 0.3) is 0 Å². The molecule has 0 aliphatic carbocycles. The summed E-state index contributed by atoms with van der Waals surface area (Å²) < 4.78 is 0. The fourth-order valence-corrected chi connectivity index (χ4v) is 2.67. The number of aliphatic hydroxyl groups excluding tert-OH is 1. The Morgan fingerprint density at radius 1 is 1.35 bits per heavy atom. The summed E-state index contributed by atoms with van der Waals surface area (Å²) in [4.78, 5) is 2.41. The van der Waals surface area contributed by atoms with E-state index in [4.69, 9.17) is 0 Å². The van der Waals surface area contributed by atoms with Gasteiger partial charge in [0.15, 0.2) is 0 Å². The molecule has 0 amide bonds. The van der Waals surface area contributed by atoms with Crippen molar-refractivity contribution >= 4 is 0 Å². The van der Waals surface area contributed by atoms with Gasteiger partial charge >= 0.3 is 0 Å². The van der Waals surface area contributed by atoms with Crippen LogP contribution in [0.1, 0.15) is 12.5 Å². The molecule has 1 aromatic rings. The summed E-state index contributed by atoms with van der Waals surface area (Å²) in [7, 11) is 0. The number of nitrogens with zero attached hydrogens (tertiary/aromatic N) is 1. The number of aliphatic hydroxyl groups is 1. The maximum absolute atomic E-state index is 9.40. The van der Waals surface area contributed by atoms with Gasteiger partial charge in [0, 0.05) is 32.2 Å². The smallest absolute Gasteiger partial charge is 0.0477 e. The lowest BCUT2D eigenvalue weighted by molar-refractivity contribution is 0.208. The molecule has 1 heterocycles. The van der Waals surface area contributed by atoms with E-state index >= 15 is 0 Å². The Balaban J connectivity index is 1.99. The van der Waals surface area contributed by atoms with Crippen LogP contribution in [0.25, 0.3) is 0 Å². The quantitative estimate of drug-likeness (QED) is 0.804. The standard InChI is InChI=1S/C15H21NO/c1-12(2)15-10-16(9-14(15)11-17)8-13-6-4-3-5-7-13/h3-7,14-15,17H,1,8-11H2,2H3/t14-,15-/m1/s1. The normalized spacial score (nSPS) is 25.1. The maximum atomic E-state index is 9.40. The van der Waals surface area contributed by atoms with Crippen LogP contribution in [0, 0.1) is 11.8 Å². The molecule has 1 aliphatic heterocycles. The van der Waals surface area contributed by atoms with Crippen molar-refractivity contribution < 1.29 is 5.11 Å². The van der Waals surface area contributed by atoms with Gasteiger partial charge in [-0.2, -0.15) is 0 Å². The van der Waals surface area contributed by atoms with E-state index in [1.165, 1.54) is 11.1 Å².